The number of fused-ring (bicyclic) bond motifs is 1. The molecule has 0 bridgehead atoms. The van der Waals surface area contributed by atoms with Crippen LogP contribution in [0, 0.1) is 0 Å². The second kappa shape index (κ2) is 7.18. The summed E-state index contributed by atoms with van der Waals surface area (Å²) in [5.41, 5.74) is 3.39. The van der Waals surface area contributed by atoms with E-state index in [4.69, 9.17) is 4.74 Å². The summed E-state index contributed by atoms with van der Waals surface area (Å²) in [6.07, 6.45) is 3.87. The molecule has 0 saturated carbocycles. The van der Waals surface area contributed by atoms with Crippen LogP contribution in [0.1, 0.15) is 35.6 Å². The van der Waals surface area contributed by atoms with Crippen molar-refractivity contribution in [3.8, 4) is 11.5 Å². The minimum atomic E-state index is -0.0623. The first-order valence-electron chi connectivity index (χ1n) is 7.77. The minimum absolute atomic E-state index is 0.0623. The number of phenols is 1. The van der Waals surface area contributed by atoms with Crippen LogP contribution in [-0.2, 0) is 6.54 Å². The van der Waals surface area contributed by atoms with E-state index in [9.17, 15) is 5.11 Å². The van der Waals surface area contributed by atoms with E-state index < -0.39 is 0 Å². The quantitative estimate of drug-likeness (QED) is 0.776. The fourth-order valence-electron chi connectivity index (χ4n) is 2.76. The van der Waals surface area contributed by atoms with Crippen molar-refractivity contribution in [3.05, 3.63) is 57.6 Å². The molecule has 2 unspecified atom stereocenters. The minimum Gasteiger partial charge on any atom is -0.504 e. The summed E-state index contributed by atoms with van der Waals surface area (Å²) in [7, 11) is 1.54. The molecule has 0 spiro atoms. The molecule has 0 radical (unpaired) electrons. The van der Waals surface area contributed by atoms with Crippen LogP contribution in [-0.4, -0.2) is 24.6 Å². The van der Waals surface area contributed by atoms with Crippen LogP contribution in [0.4, 0.5) is 0 Å². The van der Waals surface area contributed by atoms with E-state index >= 15 is 0 Å². The van der Waals surface area contributed by atoms with Crippen molar-refractivity contribution in [2.24, 2.45) is 9.98 Å². The van der Waals surface area contributed by atoms with Gasteiger partial charge in [-0.25, -0.2) is 0 Å². The molecule has 0 amide bonds. The zero-order valence-corrected chi connectivity index (χ0v) is 15.2. The third-order valence-electron chi connectivity index (χ3n) is 4.15. The second-order valence-electron chi connectivity index (χ2n) is 5.76. The van der Waals surface area contributed by atoms with Crippen molar-refractivity contribution in [3.63, 3.8) is 0 Å². The van der Waals surface area contributed by atoms with Gasteiger partial charge < -0.3 is 9.84 Å². The Bertz CT molecular complexity index is 802. The Balaban J connectivity index is 1.81. The van der Waals surface area contributed by atoms with Crippen LogP contribution in [0.2, 0.25) is 0 Å². The van der Waals surface area contributed by atoms with Crippen molar-refractivity contribution in [2.75, 3.05) is 7.11 Å². The third-order valence-corrected chi connectivity index (χ3v) is 4.64. The Morgan fingerprint density at radius 1 is 1.33 bits per heavy atom. The van der Waals surface area contributed by atoms with Crippen LogP contribution in [0.15, 0.2) is 50.9 Å². The molecule has 2 aromatic carbocycles. The number of nitrogens with zero attached hydrogens (tertiary/aromatic N) is 2. The number of aromatic hydroxyl groups is 1. The lowest BCUT2D eigenvalue weighted by Gasteiger charge is -2.18. The highest BCUT2D eigenvalue weighted by Crippen LogP contribution is 2.31. The molecule has 0 fully saturated rings. The summed E-state index contributed by atoms with van der Waals surface area (Å²) in [5, 5.41) is 9.91. The summed E-state index contributed by atoms with van der Waals surface area (Å²) in [5.74, 6) is 0.666. The number of hydrogen-bond acceptors (Lipinski definition) is 4. The lowest BCUT2D eigenvalue weighted by Crippen LogP contribution is -2.11. The first-order chi connectivity index (χ1) is 11.6. The predicted octanol–water partition coefficient (Wildman–Crippen LogP) is 4.66. The van der Waals surface area contributed by atoms with Gasteiger partial charge in [-0.1, -0.05) is 28.1 Å². The average Bonchev–Trinajstić information content (AvgIpc) is 2.59. The molecule has 0 saturated heterocycles. The maximum absolute atomic E-state index is 9.91. The van der Waals surface area contributed by atoms with Gasteiger partial charge in [0.15, 0.2) is 11.5 Å². The number of phenolic OH excluding ortho intramolecular Hbond substituents is 1. The molecule has 0 aliphatic carbocycles. The first-order valence-corrected chi connectivity index (χ1v) is 8.56. The highest BCUT2D eigenvalue weighted by Gasteiger charge is 2.16. The molecular weight excluding hydrogens is 368 g/mol. The summed E-state index contributed by atoms with van der Waals surface area (Å²) >= 11 is 3.53. The maximum atomic E-state index is 9.91. The standard InChI is InChI=1S/C19H19BrN2O2/c1-12(13-4-6-19(24-2)18(23)7-13)22-11-15-10-21-9-14-3-5-16(20)8-17(14)15/h3-8,10-12,15,23H,9H2,1-2H3. The van der Waals surface area contributed by atoms with Gasteiger partial charge in [-0.15, -0.1) is 0 Å². The van der Waals surface area contributed by atoms with Crippen molar-refractivity contribution in [1.82, 2.24) is 0 Å². The van der Waals surface area contributed by atoms with Gasteiger partial charge >= 0.3 is 0 Å². The lowest BCUT2D eigenvalue weighted by atomic mass is 9.93. The van der Waals surface area contributed by atoms with E-state index in [1.165, 1.54) is 18.2 Å². The zero-order valence-electron chi connectivity index (χ0n) is 13.6. The Hall–Kier alpha value is -2.14. The molecule has 124 valence electrons. The van der Waals surface area contributed by atoms with E-state index in [2.05, 4.69) is 38.0 Å². The first kappa shape index (κ1) is 16.7. The number of aliphatic imine (C=N–C) groups is 2. The molecule has 1 aliphatic rings. The van der Waals surface area contributed by atoms with Crippen LogP contribution in [0.25, 0.3) is 0 Å². The van der Waals surface area contributed by atoms with Crippen molar-refractivity contribution in [2.45, 2.75) is 25.4 Å². The van der Waals surface area contributed by atoms with Crippen molar-refractivity contribution >= 4 is 28.4 Å². The molecule has 1 N–H and O–H groups in total. The molecule has 5 heteroatoms. The summed E-state index contributed by atoms with van der Waals surface area (Å²) in [6.45, 7) is 2.72. The van der Waals surface area contributed by atoms with Gasteiger partial charge in [0.25, 0.3) is 0 Å². The fourth-order valence-corrected chi connectivity index (χ4v) is 3.14. The summed E-state index contributed by atoms with van der Waals surface area (Å²) in [4.78, 5) is 9.09. The van der Waals surface area contributed by atoms with Crippen LogP contribution in [0.3, 0.4) is 0 Å². The maximum Gasteiger partial charge on any atom is 0.160 e. The highest BCUT2D eigenvalue weighted by molar-refractivity contribution is 9.10. The number of ether oxygens (including phenoxy) is 1. The van der Waals surface area contributed by atoms with Gasteiger partial charge in [0.05, 0.1) is 25.6 Å². The third kappa shape index (κ3) is 3.51. The molecule has 1 heterocycles. The van der Waals surface area contributed by atoms with Crippen LogP contribution < -0.4 is 4.74 Å². The number of methoxy groups -OCH3 is 1. The van der Waals surface area contributed by atoms with Gasteiger partial charge in [-0.05, 0) is 47.9 Å². The topological polar surface area (TPSA) is 54.2 Å². The average molecular weight is 387 g/mol. The van der Waals surface area contributed by atoms with Gasteiger partial charge in [-0.2, -0.15) is 0 Å². The number of rotatable bonds is 4. The fraction of sp³-hybridized carbons (Fsp3) is 0.263. The van der Waals surface area contributed by atoms with E-state index in [1.807, 2.05) is 31.5 Å². The second-order valence-corrected chi connectivity index (χ2v) is 6.68. The SMILES string of the molecule is COc1ccc(C(C)N=CC2C=NCc3ccc(Br)cc32)cc1O. The molecule has 1 aliphatic heterocycles. The lowest BCUT2D eigenvalue weighted by molar-refractivity contribution is 0.373. The van der Waals surface area contributed by atoms with Crippen LogP contribution >= 0.6 is 15.9 Å². The van der Waals surface area contributed by atoms with Gasteiger partial charge in [0, 0.05) is 16.9 Å². The van der Waals surface area contributed by atoms with Crippen LogP contribution in [0.5, 0.6) is 11.5 Å². The van der Waals surface area contributed by atoms with Gasteiger partial charge in [0.1, 0.15) is 0 Å². The largest absolute Gasteiger partial charge is 0.504 e. The zero-order chi connectivity index (χ0) is 17.1. The van der Waals surface area contributed by atoms with Gasteiger partial charge in [-0.3, -0.25) is 9.98 Å². The Kier molecular flexibility index (Phi) is 5.00. The van der Waals surface area contributed by atoms with E-state index in [1.54, 1.807) is 12.1 Å². The number of halogens is 1. The van der Waals surface area contributed by atoms with Crippen molar-refractivity contribution in [1.29, 1.82) is 0 Å². The number of hydrogen-bond donors (Lipinski definition) is 1. The Labute approximate surface area is 150 Å². The monoisotopic (exact) mass is 386 g/mol. The highest BCUT2D eigenvalue weighted by atomic mass is 79.9. The molecular formula is C19H19BrN2O2. The Morgan fingerprint density at radius 2 is 2.17 bits per heavy atom. The molecule has 0 aromatic heterocycles. The van der Waals surface area contributed by atoms with E-state index in [0.29, 0.717) is 5.75 Å². The molecule has 3 rings (SSSR count). The van der Waals surface area contributed by atoms with E-state index in [0.717, 1.165) is 16.6 Å². The molecule has 2 atom stereocenters. The van der Waals surface area contributed by atoms with E-state index in [-0.39, 0.29) is 17.7 Å². The summed E-state index contributed by atoms with van der Waals surface area (Å²) in [6, 6.07) is 11.6. The molecule has 2 aromatic rings. The Morgan fingerprint density at radius 3 is 2.92 bits per heavy atom. The molecule has 4 nitrogen and oxygen atoms in total. The summed E-state index contributed by atoms with van der Waals surface area (Å²) < 4.78 is 6.13. The predicted molar refractivity (Wildman–Crippen MR) is 101 cm³/mol. The van der Waals surface area contributed by atoms with Crippen molar-refractivity contribution < 1.29 is 9.84 Å². The smallest absolute Gasteiger partial charge is 0.160 e. The molecule has 24 heavy (non-hydrogen) atoms. The normalized spacial score (nSPS) is 17.7. The number of benzene rings is 2. The van der Waals surface area contributed by atoms with Gasteiger partial charge in [0.2, 0.25) is 0 Å².